The van der Waals surface area contributed by atoms with Gasteiger partial charge in [-0.25, -0.2) is 8.42 Å². The Bertz CT molecular complexity index is 1010. The van der Waals surface area contributed by atoms with Gasteiger partial charge < -0.3 is 20.1 Å². The third-order valence-electron chi connectivity index (χ3n) is 4.58. The monoisotopic (exact) mass is 479 g/mol. The first-order chi connectivity index (χ1) is 15.3. The van der Waals surface area contributed by atoms with Gasteiger partial charge in [0.15, 0.2) is 5.11 Å². The van der Waals surface area contributed by atoms with Crippen LogP contribution in [0.25, 0.3) is 0 Å². The minimum Gasteiger partial charge on any atom is -0.495 e. The molecular formula is C22H29N3O5S2. The van der Waals surface area contributed by atoms with Crippen LogP contribution in [0, 0.1) is 0 Å². The van der Waals surface area contributed by atoms with Crippen molar-refractivity contribution in [3.8, 4) is 11.5 Å². The fourth-order valence-electron chi connectivity index (χ4n) is 2.94. The highest BCUT2D eigenvalue weighted by molar-refractivity contribution is 7.89. The summed E-state index contributed by atoms with van der Waals surface area (Å²) in [4.78, 5) is 12.3. The molecule has 0 saturated heterocycles. The molecule has 8 nitrogen and oxygen atoms in total. The highest BCUT2D eigenvalue weighted by Gasteiger charge is 2.23. The van der Waals surface area contributed by atoms with Crippen LogP contribution in [0.2, 0.25) is 0 Å². The molecule has 1 amide bonds. The number of anilines is 1. The van der Waals surface area contributed by atoms with Crippen LogP contribution in [-0.4, -0.2) is 50.5 Å². The lowest BCUT2D eigenvalue weighted by Gasteiger charge is -2.20. The molecule has 0 aliphatic rings. The van der Waals surface area contributed by atoms with E-state index in [2.05, 4.69) is 10.6 Å². The van der Waals surface area contributed by atoms with Crippen molar-refractivity contribution in [2.45, 2.75) is 31.6 Å². The summed E-state index contributed by atoms with van der Waals surface area (Å²) < 4.78 is 37.8. The Morgan fingerprint density at radius 3 is 2.41 bits per heavy atom. The second kappa shape index (κ2) is 12.4. The van der Waals surface area contributed by atoms with Crippen LogP contribution in [0.3, 0.4) is 0 Å². The van der Waals surface area contributed by atoms with E-state index >= 15 is 0 Å². The molecule has 0 aliphatic heterocycles. The minimum absolute atomic E-state index is 0.0506. The molecule has 0 saturated carbocycles. The molecule has 10 heteroatoms. The maximum atomic E-state index is 12.8. The van der Waals surface area contributed by atoms with Crippen LogP contribution in [0.15, 0.2) is 53.4 Å². The molecule has 174 valence electrons. The molecule has 0 fully saturated rings. The number of hydrogen-bond donors (Lipinski definition) is 2. The first-order valence-electron chi connectivity index (χ1n) is 10.3. The third kappa shape index (κ3) is 7.18. The van der Waals surface area contributed by atoms with Gasteiger partial charge in [-0.15, -0.1) is 0 Å². The molecule has 0 atom stereocenters. The van der Waals surface area contributed by atoms with Crippen LogP contribution in [0.4, 0.5) is 5.69 Å². The van der Waals surface area contributed by atoms with Crippen molar-refractivity contribution < 1.29 is 22.7 Å². The lowest BCUT2D eigenvalue weighted by Crippen LogP contribution is -2.34. The molecule has 0 heterocycles. The van der Waals surface area contributed by atoms with E-state index in [0.29, 0.717) is 37.6 Å². The number of carbonyl (C=O) groups is 1. The van der Waals surface area contributed by atoms with E-state index in [1.807, 2.05) is 30.3 Å². The van der Waals surface area contributed by atoms with E-state index in [1.54, 1.807) is 19.9 Å². The summed E-state index contributed by atoms with van der Waals surface area (Å²) in [6.45, 7) is 4.67. The number of nitrogens with one attached hydrogen (secondary N) is 2. The SMILES string of the molecule is CCN(CC)S(=O)(=O)c1ccc(OC)c(NC(=S)NC(=O)CCCOc2ccccc2)c1. The smallest absolute Gasteiger partial charge is 0.243 e. The second-order valence-corrected chi connectivity index (χ2v) is 9.06. The topological polar surface area (TPSA) is 97.0 Å². The minimum atomic E-state index is -3.65. The van der Waals surface area contributed by atoms with Gasteiger partial charge in [0, 0.05) is 19.5 Å². The molecule has 0 radical (unpaired) electrons. The molecule has 2 rings (SSSR count). The van der Waals surface area contributed by atoms with E-state index in [4.69, 9.17) is 21.7 Å². The highest BCUT2D eigenvalue weighted by atomic mass is 32.2. The van der Waals surface area contributed by atoms with Gasteiger partial charge >= 0.3 is 0 Å². The molecule has 0 aromatic heterocycles. The number of thiocarbonyl (C=S) groups is 1. The van der Waals surface area contributed by atoms with Gasteiger partial charge in [-0.2, -0.15) is 4.31 Å². The van der Waals surface area contributed by atoms with Crippen LogP contribution in [0.1, 0.15) is 26.7 Å². The molecule has 2 aromatic carbocycles. The Kier molecular flexibility index (Phi) is 9.89. The van der Waals surface area contributed by atoms with E-state index in [-0.39, 0.29) is 22.3 Å². The average Bonchev–Trinajstić information content (AvgIpc) is 2.78. The Balaban J connectivity index is 1.95. The number of sulfonamides is 1. The second-order valence-electron chi connectivity index (χ2n) is 6.72. The van der Waals surface area contributed by atoms with E-state index in [0.717, 1.165) is 5.75 Å². The Hall–Kier alpha value is -2.69. The summed E-state index contributed by atoms with van der Waals surface area (Å²) >= 11 is 5.22. The van der Waals surface area contributed by atoms with Crippen molar-refractivity contribution in [2.75, 3.05) is 32.1 Å². The van der Waals surface area contributed by atoms with Crippen LogP contribution < -0.4 is 20.1 Å². The highest BCUT2D eigenvalue weighted by Crippen LogP contribution is 2.29. The molecule has 2 aromatic rings. The molecule has 0 bridgehead atoms. The first kappa shape index (κ1) is 25.6. The Labute approximate surface area is 195 Å². The van der Waals surface area contributed by atoms with Crippen molar-refractivity contribution in [2.24, 2.45) is 0 Å². The summed E-state index contributed by atoms with van der Waals surface area (Å²) in [7, 11) is -2.19. The van der Waals surface area contributed by atoms with Gasteiger partial charge in [0.2, 0.25) is 15.9 Å². The molecular weight excluding hydrogens is 450 g/mol. The fraction of sp³-hybridized carbons (Fsp3) is 0.364. The number of hydrogen-bond acceptors (Lipinski definition) is 6. The number of ether oxygens (including phenoxy) is 2. The molecule has 0 spiro atoms. The van der Waals surface area contributed by atoms with Crippen LogP contribution >= 0.6 is 12.2 Å². The van der Waals surface area contributed by atoms with Crippen LogP contribution in [-0.2, 0) is 14.8 Å². The summed E-state index contributed by atoms with van der Waals surface area (Å²) in [5.74, 6) is 0.873. The fourth-order valence-corrected chi connectivity index (χ4v) is 4.65. The zero-order chi connectivity index (χ0) is 23.6. The van der Waals surface area contributed by atoms with Crippen LogP contribution in [0.5, 0.6) is 11.5 Å². The zero-order valence-corrected chi connectivity index (χ0v) is 20.1. The lowest BCUT2D eigenvalue weighted by atomic mass is 10.3. The number of methoxy groups -OCH3 is 1. The van der Waals surface area contributed by atoms with E-state index in [9.17, 15) is 13.2 Å². The quantitative estimate of drug-likeness (QED) is 0.377. The van der Waals surface area contributed by atoms with Crippen molar-refractivity contribution in [3.63, 3.8) is 0 Å². The molecule has 0 unspecified atom stereocenters. The van der Waals surface area contributed by atoms with Crippen molar-refractivity contribution in [1.29, 1.82) is 0 Å². The predicted octanol–water partition coefficient (Wildman–Crippen LogP) is 3.40. The number of benzene rings is 2. The third-order valence-corrected chi connectivity index (χ3v) is 6.83. The van der Waals surface area contributed by atoms with Gasteiger partial charge in [-0.1, -0.05) is 32.0 Å². The molecule has 32 heavy (non-hydrogen) atoms. The van der Waals surface area contributed by atoms with E-state index < -0.39 is 10.0 Å². The van der Waals surface area contributed by atoms with Gasteiger partial charge in [0.1, 0.15) is 11.5 Å². The van der Waals surface area contributed by atoms with Gasteiger partial charge in [0.05, 0.1) is 24.3 Å². The summed E-state index contributed by atoms with van der Waals surface area (Å²) in [6.07, 6.45) is 0.742. The van der Waals surface area contributed by atoms with Crippen molar-refractivity contribution in [1.82, 2.24) is 9.62 Å². The zero-order valence-electron chi connectivity index (χ0n) is 18.5. The Morgan fingerprint density at radius 1 is 1.09 bits per heavy atom. The van der Waals surface area contributed by atoms with Gasteiger partial charge in [-0.05, 0) is 49.0 Å². The standard InChI is InChI=1S/C22H29N3O5S2/c1-4-25(5-2)32(27,28)18-13-14-20(29-3)19(16-18)23-22(31)24-21(26)12-9-15-30-17-10-7-6-8-11-17/h6-8,10-11,13-14,16H,4-5,9,12,15H2,1-3H3,(H2,23,24,26,31). The number of carbonyl (C=O) groups excluding carboxylic acids is 1. The summed E-state index contributed by atoms with van der Waals surface area (Å²) in [5.41, 5.74) is 0.346. The largest absolute Gasteiger partial charge is 0.495 e. The Morgan fingerprint density at radius 2 is 1.78 bits per heavy atom. The van der Waals surface area contributed by atoms with Gasteiger partial charge in [0.25, 0.3) is 0 Å². The summed E-state index contributed by atoms with van der Waals surface area (Å²) in [6, 6.07) is 13.8. The van der Waals surface area contributed by atoms with Crippen molar-refractivity contribution in [3.05, 3.63) is 48.5 Å². The number of nitrogens with zero attached hydrogens (tertiary/aromatic N) is 1. The first-order valence-corrected chi connectivity index (χ1v) is 12.1. The molecule has 0 aliphatic carbocycles. The van der Waals surface area contributed by atoms with Crippen molar-refractivity contribution >= 4 is 38.9 Å². The maximum Gasteiger partial charge on any atom is 0.243 e. The maximum absolute atomic E-state index is 12.8. The number of rotatable bonds is 11. The summed E-state index contributed by atoms with van der Waals surface area (Å²) in [5, 5.41) is 5.50. The van der Waals surface area contributed by atoms with Gasteiger partial charge in [-0.3, -0.25) is 4.79 Å². The number of amides is 1. The molecule has 2 N–H and O–H groups in total. The normalized spacial score (nSPS) is 11.1. The number of para-hydroxylation sites is 1. The lowest BCUT2D eigenvalue weighted by molar-refractivity contribution is -0.119. The average molecular weight is 480 g/mol. The van der Waals surface area contributed by atoms with E-state index in [1.165, 1.54) is 23.5 Å². The predicted molar refractivity (Wildman–Crippen MR) is 129 cm³/mol.